The third-order valence-electron chi connectivity index (χ3n) is 8.81. The number of carbonyl (C=O) groups is 5. The van der Waals surface area contributed by atoms with Crippen LogP contribution in [0.15, 0.2) is 83.2 Å². The van der Waals surface area contributed by atoms with Crippen molar-refractivity contribution in [3.63, 3.8) is 0 Å². The van der Waals surface area contributed by atoms with Gasteiger partial charge in [0.15, 0.2) is 17.3 Å². The molecule has 5 atom stereocenters. The maximum atomic E-state index is 13.7. The van der Waals surface area contributed by atoms with Crippen molar-refractivity contribution in [2.24, 2.45) is 11.8 Å². The summed E-state index contributed by atoms with van der Waals surface area (Å²) in [6.45, 7) is 9.55. The zero-order chi connectivity index (χ0) is 37.4. The summed E-state index contributed by atoms with van der Waals surface area (Å²) in [5.41, 5.74) is -0.749. The summed E-state index contributed by atoms with van der Waals surface area (Å²) in [7, 11) is 0. The number of phenolic OH excluding ortho intramolecular Hbond substituents is 1. The van der Waals surface area contributed by atoms with Crippen LogP contribution in [0.25, 0.3) is 5.76 Å². The van der Waals surface area contributed by atoms with E-state index in [0.29, 0.717) is 11.1 Å². The number of hydrogen-bond acceptors (Lipinski definition) is 10. The fourth-order valence-electron chi connectivity index (χ4n) is 5.57. The van der Waals surface area contributed by atoms with Crippen molar-refractivity contribution in [2.75, 3.05) is 0 Å². The zero-order valence-corrected chi connectivity index (χ0v) is 29.1. The Hall–Kier alpha value is -4.97. The molecule has 2 heterocycles. The maximum Gasteiger partial charge on any atom is 0.253 e. The molecule has 266 valence electrons. The van der Waals surface area contributed by atoms with Crippen molar-refractivity contribution in [2.45, 2.75) is 79.1 Å². The van der Waals surface area contributed by atoms with Crippen molar-refractivity contribution in [3.05, 3.63) is 105 Å². The summed E-state index contributed by atoms with van der Waals surface area (Å²) >= 11 is 0. The lowest BCUT2D eigenvalue weighted by molar-refractivity contribution is -0.118. The highest BCUT2D eigenvalue weighted by Crippen LogP contribution is 2.37. The van der Waals surface area contributed by atoms with Crippen molar-refractivity contribution < 1.29 is 49.5 Å². The number of allylic oxidation sites excluding steroid dienone is 7. The number of fused-ring (bicyclic) bond motifs is 18. The van der Waals surface area contributed by atoms with Crippen molar-refractivity contribution in [3.8, 4) is 5.75 Å². The number of hydrogen-bond donors (Lipinski definition) is 6. The molecule has 1 aliphatic carbocycles. The molecule has 0 aromatic heterocycles. The van der Waals surface area contributed by atoms with E-state index in [4.69, 9.17) is 0 Å². The number of nitrogens with one attached hydrogen (secondary N) is 1. The molecule has 1 amide bonds. The molecule has 4 rings (SSSR count). The third-order valence-corrected chi connectivity index (χ3v) is 8.81. The fraction of sp³-hybridized carbons (Fsp3) is 0.359. The lowest BCUT2D eigenvalue weighted by atomic mass is 9.82. The number of aryl methyl sites for hydroxylation is 1. The fourth-order valence-corrected chi connectivity index (χ4v) is 5.57. The molecule has 0 spiro atoms. The topological polar surface area (TPSA) is 199 Å². The number of benzene rings is 1. The van der Waals surface area contributed by atoms with Crippen LogP contribution in [-0.4, -0.2) is 72.9 Å². The molecule has 4 bridgehead atoms. The standard InChI is InChI=1S/C39H45NO10/c1-20-10-8-7-9-11-30(44)40-33-37(48)27-19-25(6)36(47)32(31(27)38(49)39(33)50)35(46)24(5)18-23(4)34(45)22(3)13-15-26(41)14-12-21(2)29(43)17-16-28(20)42/h7-13,15,18-19,22-23,26,28,34,41-42,45,47-48H,14,16-17H2,1-6H3,(H,40,44)/b8-7-,11-9-,15-13-,20-10-,21-12-,24-18-. The second kappa shape index (κ2) is 17.1. The van der Waals surface area contributed by atoms with Gasteiger partial charge < -0.3 is 30.8 Å². The van der Waals surface area contributed by atoms with E-state index in [9.17, 15) is 49.5 Å². The molecule has 0 fully saturated rings. The quantitative estimate of drug-likeness (QED) is 0.165. The van der Waals surface area contributed by atoms with Gasteiger partial charge >= 0.3 is 0 Å². The van der Waals surface area contributed by atoms with E-state index >= 15 is 0 Å². The lowest BCUT2D eigenvalue weighted by Gasteiger charge is -2.23. The van der Waals surface area contributed by atoms with Gasteiger partial charge in [-0.15, -0.1) is 0 Å². The second-order valence-electron chi connectivity index (χ2n) is 12.8. The van der Waals surface area contributed by atoms with Gasteiger partial charge in [-0.2, -0.15) is 0 Å². The van der Waals surface area contributed by atoms with Gasteiger partial charge in [-0.1, -0.05) is 62.5 Å². The first-order valence-corrected chi connectivity index (χ1v) is 16.3. The monoisotopic (exact) mass is 687 g/mol. The first-order chi connectivity index (χ1) is 23.5. The van der Waals surface area contributed by atoms with Gasteiger partial charge in [-0.25, -0.2) is 0 Å². The Kier molecular flexibility index (Phi) is 13.5. The Balaban J connectivity index is 2.08. The number of aliphatic hydroxyl groups is 4. The molecular weight excluding hydrogens is 642 g/mol. The molecule has 1 aromatic carbocycles. The smallest absolute Gasteiger partial charge is 0.253 e. The lowest BCUT2D eigenvalue weighted by Crippen LogP contribution is -2.35. The predicted molar refractivity (Wildman–Crippen MR) is 188 cm³/mol. The van der Waals surface area contributed by atoms with Crippen LogP contribution >= 0.6 is 0 Å². The van der Waals surface area contributed by atoms with E-state index < -0.39 is 81.7 Å². The zero-order valence-electron chi connectivity index (χ0n) is 29.1. The highest BCUT2D eigenvalue weighted by Gasteiger charge is 2.39. The Bertz CT molecular complexity index is 1790. The number of carbonyl (C=O) groups excluding carboxylic acids is 5. The number of aromatic hydroxyl groups is 1. The van der Waals surface area contributed by atoms with Crippen molar-refractivity contribution >= 4 is 34.8 Å². The minimum Gasteiger partial charge on any atom is -0.507 e. The second-order valence-corrected chi connectivity index (χ2v) is 12.8. The molecular formula is C39H45NO10. The number of aliphatic hydroxyl groups excluding tert-OH is 4. The highest BCUT2D eigenvalue weighted by atomic mass is 16.3. The molecule has 2 aliphatic heterocycles. The normalized spacial score (nSPS) is 30.5. The van der Waals surface area contributed by atoms with Crippen molar-refractivity contribution in [1.29, 1.82) is 0 Å². The summed E-state index contributed by atoms with van der Waals surface area (Å²) in [6.07, 6.45) is 10.7. The Morgan fingerprint density at radius 2 is 1.46 bits per heavy atom. The summed E-state index contributed by atoms with van der Waals surface area (Å²) in [5.74, 6) is -6.78. The number of phenols is 1. The highest BCUT2D eigenvalue weighted by molar-refractivity contribution is 6.53. The minimum atomic E-state index is -1.29. The van der Waals surface area contributed by atoms with Gasteiger partial charge in [0, 0.05) is 29.9 Å². The predicted octanol–water partition coefficient (Wildman–Crippen LogP) is 4.61. The van der Waals surface area contributed by atoms with Crippen LogP contribution in [-0.2, 0) is 14.4 Å². The van der Waals surface area contributed by atoms with E-state index in [2.05, 4.69) is 5.32 Å². The average Bonchev–Trinajstić information content (AvgIpc) is 3.08. The SMILES string of the molecule is C/C1=C/CC(O)/C=C\C(C)C(O)C(C)/C=C(/C)C(=O)c2c(O)c(C)cc3c2C(=O)C(=O)C(=C3O)NC(=O)\C=C/C=C\C=C(\C)C(O)CCC1=O. The molecule has 0 radical (unpaired) electrons. The van der Waals surface area contributed by atoms with Crippen LogP contribution in [0, 0.1) is 18.8 Å². The molecule has 5 unspecified atom stereocenters. The first kappa shape index (κ1) is 39.5. The van der Waals surface area contributed by atoms with Gasteiger partial charge in [-0.3, -0.25) is 24.0 Å². The Labute approximate surface area is 291 Å². The molecule has 0 saturated carbocycles. The van der Waals surface area contributed by atoms with E-state index in [1.807, 2.05) is 0 Å². The number of rotatable bonds is 0. The van der Waals surface area contributed by atoms with Gasteiger partial charge in [0.2, 0.25) is 11.7 Å². The van der Waals surface area contributed by atoms with Gasteiger partial charge in [-0.05, 0) is 68.9 Å². The van der Waals surface area contributed by atoms with Crippen LogP contribution in [0.4, 0.5) is 0 Å². The molecule has 1 aromatic rings. The largest absolute Gasteiger partial charge is 0.507 e. The molecule has 11 heteroatoms. The van der Waals surface area contributed by atoms with Crippen molar-refractivity contribution in [1.82, 2.24) is 5.32 Å². The van der Waals surface area contributed by atoms with Gasteiger partial charge in [0.25, 0.3) is 5.78 Å². The number of Topliss-reactive ketones (excluding diaryl/α,β-unsaturated/α-hetero) is 4. The van der Waals surface area contributed by atoms with E-state index in [1.165, 1.54) is 44.2 Å². The molecule has 11 nitrogen and oxygen atoms in total. The van der Waals surface area contributed by atoms with Crippen LogP contribution in [0.3, 0.4) is 0 Å². The summed E-state index contributed by atoms with van der Waals surface area (Å²) in [6, 6.07) is 1.23. The van der Waals surface area contributed by atoms with Gasteiger partial charge in [0.05, 0.1) is 29.4 Å². The molecule has 50 heavy (non-hydrogen) atoms. The molecule has 6 N–H and O–H groups in total. The van der Waals surface area contributed by atoms with E-state index in [-0.39, 0.29) is 41.7 Å². The Morgan fingerprint density at radius 3 is 2.14 bits per heavy atom. The third kappa shape index (κ3) is 9.38. The molecule has 0 saturated heterocycles. The Morgan fingerprint density at radius 1 is 0.780 bits per heavy atom. The van der Waals surface area contributed by atoms with E-state index in [0.717, 1.165) is 6.08 Å². The molecule has 3 aliphatic rings. The first-order valence-electron chi connectivity index (χ1n) is 16.3. The summed E-state index contributed by atoms with van der Waals surface area (Å²) < 4.78 is 0. The van der Waals surface area contributed by atoms with E-state index in [1.54, 1.807) is 52.0 Å². The van der Waals surface area contributed by atoms with Crippen LogP contribution < -0.4 is 5.32 Å². The van der Waals surface area contributed by atoms with Crippen LogP contribution in [0.2, 0.25) is 0 Å². The average molecular weight is 688 g/mol. The van der Waals surface area contributed by atoms with Crippen LogP contribution in [0.5, 0.6) is 5.75 Å². The van der Waals surface area contributed by atoms with Gasteiger partial charge in [0.1, 0.15) is 11.4 Å². The maximum absolute atomic E-state index is 13.7. The minimum absolute atomic E-state index is 0.0451. The van der Waals surface area contributed by atoms with Crippen LogP contribution in [0.1, 0.15) is 85.7 Å². The number of amides is 1. The number of ketones is 4. The summed E-state index contributed by atoms with van der Waals surface area (Å²) in [4.78, 5) is 65.5. The summed E-state index contributed by atoms with van der Waals surface area (Å²) in [5, 5.41) is 56.2.